The SMILES string of the molecule is COc1ccc(CNC(=O)[C@@H]2CC(F)(F)CN2C2CN(C(=O)C3CC3)C2)cc1. The highest BCUT2D eigenvalue weighted by atomic mass is 19.3. The average Bonchev–Trinajstić information content (AvgIpc) is 3.43. The van der Waals surface area contributed by atoms with Gasteiger partial charge in [0, 0.05) is 38.0 Å². The third-order valence-corrected chi connectivity index (χ3v) is 5.80. The molecule has 152 valence electrons. The maximum absolute atomic E-state index is 14.1. The van der Waals surface area contributed by atoms with Crippen LogP contribution in [0.5, 0.6) is 5.75 Å². The number of halogens is 2. The first kappa shape index (κ1) is 19.1. The molecule has 1 aromatic rings. The number of carbonyl (C=O) groups excluding carboxylic acids is 2. The van der Waals surface area contributed by atoms with Gasteiger partial charge in [-0.3, -0.25) is 14.5 Å². The molecule has 1 atom stereocenters. The van der Waals surface area contributed by atoms with E-state index in [0.29, 0.717) is 18.8 Å². The lowest BCUT2D eigenvalue weighted by atomic mass is 10.0. The van der Waals surface area contributed by atoms with Gasteiger partial charge in [0.05, 0.1) is 19.7 Å². The molecule has 3 fully saturated rings. The quantitative estimate of drug-likeness (QED) is 0.798. The van der Waals surface area contributed by atoms with Gasteiger partial charge in [-0.05, 0) is 30.5 Å². The molecule has 3 aliphatic rings. The Morgan fingerprint density at radius 2 is 1.89 bits per heavy atom. The van der Waals surface area contributed by atoms with Crippen LogP contribution in [0, 0.1) is 5.92 Å². The Hall–Kier alpha value is -2.22. The number of rotatable bonds is 6. The van der Waals surface area contributed by atoms with Gasteiger partial charge in [-0.2, -0.15) is 0 Å². The van der Waals surface area contributed by atoms with Gasteiger partial charge >= 0.3 is 0 Å². The molecule has 2 aliphatic heterocycles. The normalized spacial score (nSPS) is 24.7. The summed E-state index contributed by atoms with van der Waals surface area (Å²) in [6.45, 7) is 0.723. The van der Waals surface area contributed by atoms with Gasteiger partial charge in [-0.15, -0.1) is 0 Å². The molecule has 1 N–H and O–H groups in total. The first-order chi connectivity index (χ1) is 13.4. The number of benzene rings is 1. The number of alkyl halides is 2. The topological polar surface area (TPSA) is 61.9 Å². The standard InChI is InChI=1S/C20H25F2N3O3/c1-28-16-6-2-13(3-7-16)9-23-18(26)17-8-20(21,22)12-25(17)15-10-24(11-15)19(27)14-4-5-14/h2-3,6-7,14-15,17H,4-5,8-12H2,1H3,(H,23,26)/t17-/m0/s1. The van der Waals surface area contributed by atoms with Crippen molar-refractivity contribution in [1.82, 2.24) is 15.1 Å². The monoisotopic (exact) mass is 393 g/mol. The Labute approximate surface area is 162 Å². The van der Waals surface area contributed by atoms with Crippen LogP contribution >= 0.6 is 0 Å². The summed E-state index contributed by atoms with van der Waals surface area (Å²) in [5.41, 5.74) is 0.871. The molecule has 0 bridgehead atoms. The summed E-state index contributed by atoms with van der Waals surface area (Å²) in [5, 5.41) is 2.78. The van der Waals surface area contributed by atoms with Crippen LogP contribution in [-0.2, 0) is 16.1 Å². The van der Waals surface area contributed by atoms with Crippen molar-refractivity contribution in [3.05, 3.63) is 29.8 Å². The first-order valence-electron chi connectivity index (χ1n) is 9.69. The molecule has 0 aromatic heterocycles. The summed E-state index contributed by atoms with van der Waals surface area (Å²) in [7, 11) is 1.57. The smallest absolute Gasteiger partial charge is 0.262 e. The van der Waals surface area contributed by atoms with Crippen LogP contribution in [0.3, 0.4) is 0 Å². The summed E-state index contributed by atoms with van der Waals surface area (Å²) in [6.07, 6.45) is 1.38. The lowest BCUT2D eigenvalue weighted by Gasteiger charge is -2.45. The van der Waals surface area contributed by atoms with Gasteiger partial charge in [0.2, 0.25) is 11.8 Å². The van der Waals surface area contributed by atoms with Crippen LogP contribution in [0.25, 0.3) is 0 Å². The lowest BCUT2D eigenvalue weighted by Crippen LogP contribution is -2.64. The Bertz CT molecular complexity index is 746. The minimum Gasteiger partial charge on any atom is -0.497 e. The van der Waals surface area contributed by atoms with E-state index in [1.165, 1.54) is 0 Å². The maximum atomic E-state index is 14.1. The van der Waals surface area contributed by atoms with Gasteiger partial charge < -0.3 is 15.0 Å². The van der Waals surface area contributed by atoms with Crippen molar-refractivity contribution in [1.29, 1.82) is 0 Å². The molecule has 8 heteroatoms. The van der Waals surface area contributed by atoms with E-state index in [0.717, 1.165) is 18.4 Å². The largest absolute Gasteiger partial charge is 0.497 e. The first-order valence-corrected chi connectivity index (χ1v) is 9.69. The van der Waals surface area contributed by atoms with Crippen LogP contribution in [-0.4, -0.2) is 66.4 Å². The number of hydrogen-bond acceptors (Lipinski definition) is 4. The summed E-state index contributed by atoms with van der Waals surface area (Å²) in [6, 6.07) is 6.19. The molecular weight excluding hydrogens is 368 g/mol. The molecule has 0 spiro atoms. The van der Waals surface area contributed by atoms with Crippen molar-refractivity contribution >= 4 is 11.8 Å². The fourth-order valence-corrected chi connectivity index (χ4v) is 3.95. The molecule has 1 saturated carbocycles. The highest BCUT2D eigenvalue weighted by Gasteiger charge is 2.53. The number of methoxy groups -OCH3 is 1. The van der Waals surface area contributed by atoms with E-state index < -0.39 is 24.9 Å². The molecule has 4 rings (SSSR count). The molecule has 0 unspecified atom stereocenters. The molecular formula is C20H25F2N3O3. The van der Waals surface area contributed by atoms with Crippen molar-refractivity contribution in [2.75, 3.05) is 26.7 Å². The molecule has 1 aromatic carbocycles. The number of nitrogens with one attached hydrogen (secondary N) is 1. The highest BCUT2D eigenvalue weighted by molar-refractivity contribution is 5.83. The summed E-state index contributed by atoms with van der Waals surface area (Å²) < 4.78 is 33.2. The number of amides is 2. The van der Waals surface area contributed by atoms with Crippen LogP contribution in [0.15, 0.2) is 24.3 Å². The molecule has 2 saturated heterocycles. The molecule has 2 amide bonds. The summed E-state index contributed by atoms with van der Waals surface area (Å²) >= 11 is 0. The zero-order valence-corrected chi connectivity index (χ0v) is 15.9. The number of hydrogen-bond donors (Lipinski definition) is 1. The van der Waals surface area contributed by atoms with Gasteiger partial charge in [-0.1, -0.05) is 12.1 Å². The maximum Gasteiger partial charge on any atom is 0.262 e. The van der Waals surface area contributed by atoms with Crippen molar-refractivity contribution in [2.24, 2.45) is 5.92 Å². The van der Waals surface area contributed by atoms with Crippen molar-refractivity contribution in [3.8, 4) is 5.75 Å². The van der Waals surface area contributed by atoms with E-state index in [4.69, 9.17) is 4.74 Å². The summed E-state index contributed by atoms with van der Waals surface area (Å²) in [5.74, 6) is -2.30. The van der Waals surface area contributed by atoms with Gasteiger partial charge in [0.15, 0.2) is 0 Å². The second-order valence-electron chi connectivity index (χ2n) is 7.99. The third-order valence-electron chi connectivity index (χ3n) is 5.80. The van der Waals surface area contributed by atoms with E-state index in [9.17, 15) is 18.4 Å². The predicted octanol–water partition coefficient (Wildman–Crippen LogP) is 1.64. The van der Waals surface area contributed by atoms with Crippen LogP contribution in [0.2, 0.25) is 0 Å². The Morgan fingerprint density at radius 3 is 2.50 bits per heavy atom. The second-order valence-corrected chi connectivity index (χ2v) is 7.99. The molecule has 0 radical (unpaired) electrons. The van der Waals surface area contributed by atoms with Gasteiger partial charge in [-0.25, -0.2) is 8.78 Å². The predicted molar refractivity (Wildman–Crippen MR) is 98.0 cm³/mol. The molecule has 2 heterocycles. The Morgan fingerprint density at radius 1 is 1.21 bits per heavy atom. The minimum atomic E-state index is -2.89. The summed E-state index contributed by atoms with van der Waals surface area (Å²) in [4.78, 5) is 28.0. The highest BCUT2D eigenvalue weighted by Crippen LogP contribution is 2.37. The minimum absolute atomic E-state index is 0.128. The van der Waals surface area contributed by atoms with E-state index in [1.807, 2.05) is 12.1 Å². The third kappa shape index (κ3) is 3.97. The fraction of sp³-hybridized carbons (Fsp3) is 0.600. The van der Waals surface area contributed by atoms with Crippen molar-refractivity contribution in [3.63, 3.8) is 0 Å². The van der Waals surface area contributed by atoms with Gasteiger partial charge in [0.1, 0.15) is 5.75 Å². The van der Waals surface area contributed by atoms with Crippen LogP contribution in [0.1, 0.15) is 24.8 Å². The van der Waals surface area contributed by atoms with Gasteiger partial charge in [0.25, 0.3) is 5.92 Å². The number of carbonyl (C=O) groups is 2. The van der Waals surface area contributed by atoms with Crippen LogP contribution in [0.4, 0.5) is 8.78 Å². The van der Waals surface area contributed by atoms with Crippen LogP contribution < -0.4 is 10.1 Å². The second kappa shape index (κ2) is 7.31. The fourth-order valence-electron chi connectivity index (χ4n) is 3.95. The Kier molecular flexibility index (Phi) is 4.99. The number of nitrogens with zero attached hydrogens (tertiary/aromatic N) is 2. The van der Waals surface area contributed by atoms with E-state index in [1.54, 1.807) is 29.0 Å². The van der Waals surface area contributed by atoms with Crippen molar-refractivity contribution in [2.45, 2.75) is 43.8 Å². The average molecular weight is 393 g/mol. The lowest BCUT2D eigenvalue weighted by molar-refractivity contribution is -0.141. The molecule has 1 aliphatic carbocycles. The molecule has 28 heavy (non-hydrogen) atoms. The zero-order valence-electron chi connectivity index (χ0n) is 15.9. The number of likely N-dealkylation sites (tertiary alicyclic amines) is 2. The van der Waals surface area contributed by atoms with E-state index in [-0.39, 0.29) is 30.3 Å². The zero-order chi connectivity index (χ0) is 19.9. The van der Waals surface area contributed by atoms with E-state index in [2.05, 4.69) is 5.32 Å². The van der Waals surface area contributed by atoms with E-state index >= 15 is 0 Å². The Balaban J connectivity index is 1.34. The number of ether oxygens (including phenoxy) is 1. The van der Waals surface area contributed by atoms with Crippen molar-refractivity contribution < 1.29 is 23.1 Å². The molecule has 6 nitrogen and oxygen atoms in total.